The Labute approximate surface area is 108 Å². The number of hydrogen-bond donors (Lipinski definition) is 4. The number of rotatable bonds is 3. The molecule has 1 aromatic carbocycles. The van der Waals surface area contributed by atoms with Crippen molar-refractivity contribution >= 4 is 17.3 Å². The van der Waals surface area contributed by atoms with Gasteiger partial charge >= 0.3 is 0 Å². The van der Waals surface area contributed by atoms with E-state index in [4.69, 9.17) is 11.5 Å². The van der Waals surface area contributed by atoms with Crippen molar-refractivity contribution in [1.82, 2.24) is 11.5 Å². The average molecular weight is 250 g/mol. The molecule has 1 aliphatic rings. The summed E-state index contributed by atoms with van der Waals surface area (Å²) in [5.41, 5.74) is 13.5. The van der Waals surface area contributed by atoms with Crippen molar-refractivity contribution in [2.75, 3.05) is 11.5 Å². The highest BCUT2D eigenvalue weighted by Gasteiger charge is 2.17. The first kappa shape index (κ1) is 14.3. The van der Waals surface area contributed by atoms with Gasteiger partial charge in [-0.05, 0) is 30.5 Å². The maximum Gasteiger partial charge on any atom is 0.224 e. The molecule has 8 N–H and O–H groups in total. The fourth-order valence-electron chi connectivity index (χ4n) is 2.30. The first-order valence-electron chi connectivity index (χ1n) is 6.08. The summed E-state index contributed by atoms with van der Waals surface area (Å²) in [5, 5.41) is 3.04. The maximum atomic E-state index is 11.8. The standard InChI is InChI=1S/C13H19N3O.H3N/c14-10-6-5-9(12(15)8-10)7-13(17)16-11-3-1-2-4-11;/h5-6,8,11H,1-4,7,14-15H2,(H,16,17);1H3. The van der Waals surface area contributed by atoms with Gasteiger partial charge in [0.25, 0.3) is 0 Å². The molecule has 0 saturated heterocycles. The van der Waals surface area contributed by atoms with Crippen LogP contribution in [0.5, 0.6) is 0 Å². The molecule has 2 rings (SSSR count). The third-order valence-electron chi connectivity index (χ3n) is 3.24. The summed E-state index contributed by atoms with van der Waals surface area (Å²) in [6, 6.07) is 5.64. The van der Waals surface area contributed by atoms with E-state index in [2.05, 4.69) is 5.32 Å². The number of carbonyl (C=O) groups is 1. The van der Waals surface area contributed by atoms with Crippen LogP contribution < -0.4 is 22.9 Å². The van der Waals surface area contributed by atoms with Gasteiger partial charge in [-0.3, -0.25) is 4.79 Å². The second-order valence-corrected chi connectivity index (χ2v) is 4.68. The number of nitrogen functional groups attached to an aromatic ring is 2. The molecule has 0 aromatic heterocycles. The summed E-state index contributed by atoms with van der Waals surface area (Å²) in [5.74, 6) is 0.0494. The molecular formula is C13H22N4O. The molecule has 100 valence electrons. The van der Waals surface area contributed by atoms with Crippen LogP contribution in [0, 0.1) is 0 Å². The normalized spacial score (nSPS) is 15.1. The van der Waals surface area contributed by atoms with Crippen molar-refractivity contribution in [1.29, 1.82) is 0 Å². The first-order valence-corrected chi connectivity index (χ1v) is 6.08. The molecule has 1 saturated carbocycles. The van der Waals surface area contributed by atoms with Gasteiger partial charge in [0.05, 0.1) is 6.42 Å². The topological polar surface area (TPSA) is 116 Å². The van der Waals surface area contributed by atoms with Gasteiger partial charge in [0.2, 0.25) is 5.91 Å². The molecule has 0 atom stereocenters. The molecule has 1 aromatic rings. The molecule has 0 aliphatic heterocycles. The largest absolute Gasteiger partial charge is 0.399 e. The van der Waals surface area contributed by atoms with E-state index in [0.29, 0.717) is 23.8 Å². The lowest BCUT2D eigenvalue weighted by atomic mass is 10.1. The van der Waals surface area contributed by atoms with Gasteiger partial charge in [0.1, 0.15) is 0 Å². The van der Waals surface area contributed by atoms with Crippen molar-refractivity contribution in [3.8, 4) is 0 Å². The molecule has 0 spiro atoms. The van der Waals surface area contributed by atoms with Crippen molar-refractivity contribution in [2.45, 2.75) is 38.1 Å². The third-order valence-corrected chi connectivity index (χ3v) is 3.24. The SMILES string of the molecule is N.Nc1ccc(CC(=O)NC2CCCC2)c(N)c1. The van der Waals surface area contributed by atoms with Gasteiger partial charge in [0.15, 0.2) is 0 Å². The fraction of sp³-hybridized carbons (Fsp3) is 0.462. The minimum absolute atomic E-state index is 0. The van der Waals surface area contributed by atoms with E-state index < -0.39 is 0 Å². The third kappa shape index (κ3) is 3.63. The van der Waals surface area contributed by atoms with E-state index in [1.54, 1.807) is 12.1 Å². The lowest BCUT2D eigenvalue weighted by Crippen LogP contribution is -2.33. The number of nitrogens with one attached hydrogen (secondary N) is 1. The first-order chi connectivity index (χ1) is 8.15. The Morgan fingerprint density at radius 2 is 1.94 bits per heavy atom. The van der Waals surface area contributed by atoms with Crippen LogP contribution in [0.2, 0.25) is 0 Å². The fourth-order valence-corrected chi connectivity index (χ4v) is 2.30. The van der Waals surface area contributed by atoms with E-state index in [1.807, 2.05) is 6.07 Å². The van der Waals surface area contributed by atoms with Crippen molar-refractivity contribution < 1.29 is 4.79 Å². The second kappa shape index (κ2) is 6.26. The number of hydrogen-bond acceptors (Lipinski definition) is 4. The molecule has 1 amide bonds. The molecule has 0 bridgehead atoms. The van der Waals surface area contributed by atoms with Gasteiger partial charge in [-0.1, -0.05) is 18.9 Å². The zero-order chi connectivity index (χ0) is 12.3. The number of anilines is 2. The Balaban J connectivity index is 0.00000162. The lowest BCUT2D eigenvalue weighted by Gasteiger charge is -2.12. The summed E-state index contributed by atoms with van der Waals surface area (Å²) in [6.45, 7) is 0. The maximum absolute atomic E-state index is 11.8. The molecule has 18 heavy (non-hydrogen) atoms. The highest BCUT2D eigenvalue weighted by atomic mass is 16.1. The highest BCUT2D eigenvalue weighted by Crippen LogP contribution is 2.19. The summed E-state index contributed by atoms with van der Waals surface area (Å²) in [6.07, 6.45) is 4.97. The quantitative estimate of drug-likeness (QED) is 0.610. The Morgan fingerprint density at radius 3 is 2.56 bits per heavy atom. The Bertz CT molecular complexity index is 413. The smallest absolute Gasteiger partial charge is 0.224 e. The van der Waals surface area contributed by atoms with E-state index in [0.717, 1.165) is 18.4 Å². The molecule has 0 radical (unpaired) electrons. The van der Waals surface area contributed by atoms with Crippen molar-refractivity contribution in [3.05, 3.63) is 23.8 Å². The summed E-state index contributed by atoms with van der Waals surface area (Å²) in [4.78, 5) is 11.8. The average Bonchev–Trinajstić information content (AvgIpc) is 2.75. The predicted octanol–water partition coefficient (Wildman–Crippen LogP) is 1.61. The summed E-state index contributed by atoms with van der Waals surface area (Å²) < 4.78 is 0. The zero-order valence-corrected chi connectivity index (χ0v) is 10.6. The monoisotopic (exact) mass is 250 g/mol. The summed E-state index contributed by atoms with van der Waals surface area (Å²) >= 11 is 0. The number of amides is 1. The molecule has 1 fully saturated rings. The van der Waals surface area contributed by atoms with E-state index in [9.17, 15) is 4.79 Å². The molecule has 5 nitrogen and oxygen atoms in total. The molecule has 1 aliphatic carbocycles. The van der Waals surface area contributed by atoms with Gasteiger partial charge in [-0.2, -0.15) is 0 Å². The second-order valence-electron chi connectivity index (χ2n) is 4.68. The van der Waals surface area contributed by atoms with Crippen LogP contribution in [-0.2, 0) is 11.2 Å². The molecule has 0 unspecified atom stereocenters. The van der Waals surface area contributed by atoms with Crippen LogP contribution in [0.3, 0.4) is 0 Å². The van der Waals surface area contributed by atoms with Crippen LogP contribution in [0.25, 0.3) is 0 Å². The van der Waals surface area contributed by atoms with Gasteiger partial charge in [0, 0.05) is 17.4 Å². The van der Waals surface area contributed by atoms with Crippen LogP contribution >= 0.6 is 0 Å². The van der Waals surface area contributed by atoms with Gasteiger partial charge in [-0.15, -0.1) is 0 Å². The molecular weight excluding hydrogens is 228 g/mol. The van der Waals surface area contributed by atoms with Gasteiger partial charge < -0.3 is 22.9 Å². The van der Waals surface area contributed by atoms with Crippen LogP contribution in [0.4, 0.5) is 11.4 Å². The summed E-state index contributed by atoms with van der Waals surface area (Å²) in [7, 11) is 0. The van der Waals surface area contributed by atoms with E-state index in [-0.39, 0.29) is 12.1 Å². The van der Waals surface area contributed by atoms with Gasteiger partial charge in [-0.25, -0.2) is 0 Å². The lowest BCUT2D eigenvalue weighted by molar-refractivity contribution is -0.121. The highest BCUT2D eigenvalue weighted by molar-refractivity contribution is 5.81. The number of nitrogens with two attached hydrogens (primary N) is 2. The zero-order valence-electron chi connectivity index (χ0n) is 10.6. The molecule has 5 heteroatoms. The Kier molecular flexibility index (Phi) is 4.97. The van der Waals surface area contributed by atoms with E-state index in [1.165, 1.54) is 12.8 Å². The Morgan fingerprint density at radius 1 is 1.28 bits per heavy atom. The molecule has 0 heterocycles. The van der Waals surface area contributed by atoms with E-state index >= 15 is 0 Å². The Hall–Kier alpha value is -1.75. The minimum atomic E-state index is 0. The van der Waals surface area contributed by atoms with Crippen molar-refractivity contribution in [3.63, 3.8) is 0 Å². The van der Waals surface area contributed by atoms with Crippen molar-refractivity contribution in [2.24, 2.45) is 0 Å². The number of benzene rings is 1. The number of carbonyl (C=O) groups excluding carboxylic acids is 1. The van der Waals surface area contributed by atoms with Crippen LogP contribution in [0.15, 0.2) is 18.2 Å². The van der Waals surface area contributed by atoms with Crippen LogP contribution in [0.1, 0.15) is 31.2 Å². The van der Waals surface area contributed by atoms with Crippen LogP contribution in [-0.4, -0.2) is 11.9 Å². The predicted molar refractivity (Wildman–Crippen MR) is 74.4 cm³/mol. The minimum Gasteiger partial charge on any atom is -0.399 e.